The second-order valence-corrected chi connectivity index (χ2v) is 9.68. The Kier molecular flexibility index (Phi) is 7.18. The smallest absolute Gasteiger partial charge is 0.315 e. The lowest BCUT2D eigenvalue weighted by Gasteiger charge is -2.24. The highest BCUT2D eigenvalue weighted by Gasteiger charge is 2.26. The van der Waals surface area contributed by atoms with E-state index >= 15 is 0 Å². The number of amides is 3. The minimum absolute atomic E-state index is 0.0733. The van der Waals surface area contributed by atoms with Crippen LogP contribution in [0.15, 0.2) is 30.3 Å². The molecule has 0 saturated heterocycles. The Morgan fingerprint density at radius 2 is 1.67 bits per heavy atom. The van der Waals surface area contributed by atoms with Crippen LogP contribution in [0, 0.1) is 0 Å². The van der Waals surface area contributed by atoms with E-state index in [2.05, 4.69) is 31.4 Å². The lowest BCUT2D eigenvalue weighted by molar-refractivity contribution is -0.116. The van der Waals surface area contributed by atoms with Gasteiger partial charge in [-0.05, 0) is 52.0 Å². The zero-order chi connectivity index (χ0) is 22.7. The molecule has 0 saturated carbocycles. The Bertz CT molecular complexity index is 892. The Labute approximate surface area is 183 Å². The van der Waals surface area contributed by atoms with Crippen LogP contribution in [0.4, 0.5) is 16.3 Å². The first-order valence-corrected chi connectivity index (χ1v) is 10.4. The van der Waals surface area contributed by atoms with Gasteiger partial charge in [-0.25, -0.2) is 9.48 Å². The van der Waals surface area contributed by atoms with Crippen molar-refractivity contribution in [2.24, 2.45) is 0 Å². The Morgan fingerprint density at radius 1 is 1.07 bits per heavy atom. The summed E-state index contributed by atoms with van der Waals surface area (Å²) in [5.74, 6) is 0.334. The van der Waals surface area contributed by atoms with E-state index in [1.807, 2.05) is 38.4 Å². The van der Waals surface area contributed by atoms with Crippen LogP contribution in [0.3, 0.4) is 0 Å². The van der Waals surface area contributed by atoms with Crippen molar-refractivity contribution in [3.05, 3.63) is 41.0 Å². The second kappa shape index (κ2) is 9.08. The topological polar surface area (TPSA) is 79.3 Å². The summed E-state index contributed by atoms with van der Waals surface area (Å²) < 4.78 is 1.82. The van der Waals surface area contributed by atoms with Gasteiger partial charge in [0, 0.05) is 28.7 Å². The van der Waals surface area contributed by atoms with Gasteiger partial charge in [0.15, 0.2) is 0 Å². The molecule has 164 valence electrons. The van der Waals surface area contributed by atoms with Crippen molar-refractivity contribution in [1.29, 1.82) is 0 Å². The molecule has 2 N–H and O–H groups in total. The number of anilines is 2. The molecule has 1 aromatic heterocycles. The van der Waals surface area contributed by atoms with Gasteiger partial charge in [-0.3, -0.25) is 4.79 Å². The molecule has 0 unspecified atom stereocenters. The van der Waals surface area contributed by atoms with Crippen molar-refractivity contribution in [2.45, 2.75) is 59.4 Å². The second-order valence-electron chi connectivity index (χ2n) is 9.25. The summed E-state index contributed by atoms with van der Waals surface area (Å²) in [4.78, 5) is 26.7. The summed E-state index contributed by atoms with van der Waals surface area (Å²) in [6.07, 6.45) is 0. The first kappa shape index (κ1) is 23.7. The van der Waals surface area contributed by atoms with Crippen LogP contribution in [-0.2, 0) is 15.7 Å². The van der Waals surface area contributed by atoms with Gasteiger partial charge in [-0.15, -0.1) is 0 Å². The van der Waals surface area contributed by atoms with Gasteiger partial charge in [-0.1, -0.05) is 32.4 Å². The van der Waals surface area contributed by atoms with Crippen LogP contribution in [-0.4, -0.2) is 39.7 Å². The first-order valence-electron chi connectivity index (χ1n) is 10.0. The van der Waals surface area contributed by atoms with Gasteiger partial charge in [0.1, 0.15) is 12.4 Å². The molecule has 7 nitrogen and oxygen atoms in total. The molecule has 0 aliphatic rings. The van der Waals surface area contributed by atoms with E-state index in [1.54, 1.807) is 24.3 Å². The molecular weight excluding hydrogens is 402 g/mol. The number of benzene rings is 1. The summed E-state index contributed by atoms with van der Waals surface area (Å²) in [5.41, 5.74) is 1.05. The van der Waals surface area contributed by atoms with Gasteiger partial charge in [-0.2, -0.15) is 5.10 Å². The predicted octanol–water partition coefficient (Wildman–Crippen LogP) is 5.08. The van der Waals surface area contributed by atoms with E-state index in [-0.39, 0.29) is 29.4 Å². The minimum atomic E-state index is -0.352. The van der Waals surface area contributed by atoms with Gasteiger partial charge < -0.3 is 15.5 Å². The molecule has 1 aromatic carbocycles. The number of likely N-dealkylation sites (N-methyl/N-ethyl adjacent to an activating group) is 1. The van der Waals surface area contributed by atoms with Crippen LogP contribution in [0.5, 0.6) is 0 Å². The van der Waals surface area contributed by atoms with Gasteiger partial charge in [0.05, 0.1) is 11.2 Å². The number of hydrogen-bond acceptors (Lipinski definition) is 3. The Balaban J connectivity index is 2.12. The monoisotopic (exact) mass is 433 g/mol. The third-order valence-electron chi connectivity index (χ3n) is 4.48. The van der Waals surface area contributed by atoms with Crippen LogP contribution < -0.4 is 10.6 Å². The van der Waals surface area contributed by atoms with Gasteiger partial charge >= 0.3 is 6.03 Å². The molecule has 0 aliphatic carbocycles. The maximum Gasteiger partial charge on any atom is 0.322 e. The Morgan fingerprint density at radius 3 is 2.17 bits per heavy atom. The van der Waals surface area contributed by atoms with E-state index in [0.29, 0.717) is 23.1 Å². The molecule has 0 radical (unpaired) electrons. The summed E-state index contributed by atoms with van der Waals surface area (Å²) in [5, 5.41) is 11.0. The number of rotatable bonds is 5. The summed E-state index contributed by atoms with van der Waals surface area (Å²) in [6, 6.07) is 8.36. The fraction of sp³-hybridized carbons (Fsp3) is 0.500. The first-order chi connectivity index (χ1) is 13.8. The molecule has 8 heteroatoms. The van der Waals surface area contributed by atoms with Crippen LogP contribution >= 0.6 is 11.6 Å². The highest BCUT2D eigenvalue weighted by Crippen LogP contribution is 2.28. The van der Waals surface area contributed by atoms with Crippen molar-refractivity contribution in [3.63, 3.8) is 0 Å². The average Bonchev–Trinajstić information content (AvgIpc) is 3.06. The highest BCUT2D eigenvalue weighted by atomic mass is 35.5. The molecule has 2 rings (SSSR count). The van der Waals surface area contributed by atoms with E-state index < -0.39 is 0 Å². The molecular formula is C22H32ClN5O2. The number of carbonyl (C=O) groups is 2. The molecule has 0 aliphatic heterocycles. The molecule has 0 fully saturated rings. The molecule has 0 atom stereocenters. The van der Waals surface area contributed by atoms with Crippen LogP contribution in [0.2, 0.25) is 5.02 Å². The van der Waals surface area contributed by atoms with Crippen LogP contribution in [0.1, 0.15) is 54.2 Å². The lowest BCUT2D eigenvalue weighted by Crippen LogP contribution is -2.41. The number of nitrogens with one attached hydrogen (secondary N) is 2. The predicted molar refractivity (Wildman–Crippen MR) is 122 cm³/mol. The van der Waals surface area contributed by atoms with E-state index in [0.717, 1.165) is 5.69 Å². The fourth-order valence-electron chi connectivity index (χ4n) is 2.77. The normalized spacial score (nSPS) is 11.9. The number of carbonyl (C=O) groups excluding carboxylic acids is 2. The number of hydrogen-bond donors (Lipinski definition) is 2. The molecule has 0 spiro atoms. The van der Waals surface area contributed by atoms with Crippen molar-refractivity contribution in [3.8, 4) is 0 Å². The lowest BCUT2D eigenvalue weighted by atomic mass is 9.92. The maximum absolute atomic E-state index is 12.7. The Hall–Kier alpha value is -2.54. The average molecular weight is 434 g/mol. The number of nitrogens with zero attached hydrogens (tertiary/aromatic N) is 3. The maximum atomic E-state index is 12.7. The minimum Gasteiger partial charge on any atom is -0.315 e. The summed E-state index contributed by atoms with van der Waals surface area (Å²) in [7, 11) is 0. The molecule has 1 heterocycles. The third kappa shape index (κ3) is 6.23. The number of aromatic nitrogens is 2. The standard InChI is InChI=1S/C22H32ClN5O2/c1-8-27(20(30)24-16-11-9-15(23)10-12-16)14-19(29)25-18-13-17(21(2,3)4)26-28(18)22(5,6)7/h9-13H,8,14H2,1-7H3,(H,24,30)(H,25,29). The third-order valence-corrected chi connectivity index (χ3v) is 4.73. The van der Waals surface area contributed by atoms with Crippen molar-refractivity contribution in [1.82, 2.24) is 14.7 Å². The van der Waals surface area contributed by atoms with Crippen molar-refractivity contribution >= 4 is 35.0 Å². The zero-order valence-corrected chi connectivity index (χ0v) is 19.6. The number of halogens is 1. The molecule has 3 amide bonds. The zero-order valence-electron chi connectivity index (χ0n) is 18.8. The quantitative estimate of drug-likeness (QED) is 0.689. The van der Waals surface area contributed by atoms with E-state index in [4.69, 9.17) is 16.7 Å². The summed E-state index contributed by atoms with van der Waals surface area (Å²) >= 11 is 5.88. The van der Waals surface area contributed by atoms with Crippen LogP contribution in [0.25, 0.3) is 0 Å². The fourth-order valence-corrected chi connectivity index (χ4v) is 2.89. The molecule has 30 heavy (non-hydrogen) atoms. The van der Waals surface area contributed by atoms with E-state index in [9.17, 15) is 9.59 Å². The summed E-state index contributed by atoms with van der Waals surface area (Å²) in [6.45, 7) is 14.5. The van der Waals surface area contributed by atoms with Gasteiger partial charge in [0.2, 0.25) is 5.91 Å². The SMILES string of the molecule is CCN(CC(=O)Nc1cc(C(C)(C)C)nn1C(C)(C)C)C(=O)Nc1ccc(Cl)cc1. The van der Waals surface area contributed by atoms with Crippen molar-refractivity contribution < 1.29 is 9.59 Å². The largest absolute Gasteiger partial charge is 0.322 e. The highest BCUT2D eigenvalue weighted by molar-refractivity contribution is 6.30. The molecule has 0 bridgehead atoms. The molecule has 2 aromatic rings. The number of urea groups is 1. The van der Waals surface area contributed by atoms with Gasteiger partial charge in [0.25, 0.3) is 0 Å². The van der Waals surface area contributed by atoms with Crippen molar-refractivity contribution in [2.75, 3.05) is 23.7 Å². The van der Waals surface area contributed by atoms with E-state index in [1.165, 1.54) is 4.90 Å².